The summed E-state index contributed by atoms with van der Waals surface area (Å²) in [6.07, 6.45) is 11.3. The van der Waals surface area contributed by atoms with Gasteiger partial charge in [0.15, 0.2) is 5.65 Å². The van der Waals surface area contributed by atoms with Crippen LogP contribution in [0.5, 0.6) is 0 Å². The van der Waals surface area contributed by atoms with E-state index in [2.05, 4.69) is 36.8 Å². The van der Waals surface area contributed by atoms with E-state index in [1.54, 1.807) is 17.1 Å². The van der Waals surface area contributed by atoms with Crippen molar-refractivity contribution in [3.05, 3.63) is 73.2 Å². The molecule has 27 heavy (non-hydrogen) atoms. The first-order valence-electron chi connectivity index (χ1n) is 8.65. The summed E-state index contributed by atoms with van der Waals surface area (Å²) in [6, 6.07) is 10.3. The number of fused-ring (bicyclic) bond motifs is 1. The Morgan fingerprint density at radius 3 is 2.70 bits per heavy atom. The number of aryl methyl sites for hydroxylation is 1. The molecule has 0 aliphatic rings. The van der Waals surface area contributed by atoms with Gasteiger partial charge in [0.05, 0.1) is 30.1 Å². The topological polar surface area (TPSA) is 77.2 Å². The van der Waals surface area contributed by atoms with Crippen molar-refractivity contribution in [1.29, 1.82) is 0 Å². The van der Waals surface area contributed by atoms with Crippen LogP contribution in [-0.2, 0) is 13.6 Å². The van der Waals surface area contributed by atoms with Crippen molar-refractivity contribution in [2.45, 2.75) is 6.54 Å². The first-order chi connectivity index (χ1) is 13.3. The predicted octanol–water partition coefficient (Wildman–Crippen LogP) is 3.27. The molecule has 0 spiro atoms. The molecular weight excluding hydrogens is 338 g/mol. The van der Waals surface area contributed by atoms with Gasteiger partial charge < -0.3 is 9.55 Å². The average Bonchev–Trinajstić information content (AvgIpc) is 3.41. The molecule has 4 aromatic heterocycles. The fourth-order valence-corrected chi connectivity index (χ4v) is 3.16. The molecule has 4 heterocycles. The highest BCUT2D eigenvalue weighted by Gasteiger charge is 2.13. The van der Waals surface area contributed by atoms with Crippen LogP contribution < -0.4 is 0 Å². The van der Waals surface area contributed by atoms with Crippen molar-refractivity contribution in [1.82, 2.24) is 34.3 Å². The summed E-state index contributed by atoms with van der Waals surface area (Å²) in [7, 11) is 1.89. The lowest BCUT2D eigenvalue weighted by Crippen LogP contribution is -1.95. The maximum atomic E-state index is 4.79. The quantitative estimate of drug-likeness (QED) is 0.537. The molecule has 0 atom stereocenters. The maximum absolute atomic E-state index is 4.79. The van der Waals surface area contributed by atoms with Gasteiger partial charge in [0.2, 0.25) is 0 Å². The van der Waals surface area contributed by atoms with Gasteiger partial charge in [-0.3, -0.25) is 4.68 Å². The standard InChI is InChI=1S/C20H17N7/c1-26-11-15(7-24-26)17-9-22-20-19(25-17)16(8-21-20)18-12-27(13-23-18)10-14-5-3-2-4-6-14/h2-9,11-13H,10H2,1H3,(H,21,22). The molecule has 0 bridgehead atoms. The summed E-state index contributed by atoms with van der Waals surface area (Å²) in [4.78, 5) is 17.0. The van der Waals surface area contributed by atoms with Gasteiger partial charge in [-0.05, 0) is 5.56 Å². The molecule has 0 aliphatic heterocycles. The Hall–Kier alpha value is -3.74. The fraction of sp³-hybridized carbons (Fsp3) is 0.100. The highest BCUT2D eigenvalue weighted by atomic mass is 15.2. The summed E-state index contributed by atoms with van der Waals surface area (Å²) in [5.74, 6) is 0. The summed E-state index contributed by atoms with van der Waals surface area (Å²) in [6.45, 7) is 0.781. The molecule has 132 valence electrons. The molecule has 1 N–H and O–H groups in total. The normalized spacial score (nSPS) is 11.3. The Morgan fingerprint density at radius 2 is 1.89 bits per heavy atom. The van der Waals surface area contributed by atoms with Crippen molar-refractivity contribution in [2.75, 3.05) is 0 Å². The van der Waals surface area contributed by atoms with E-state index in [-0.39, 0.29) is 0 Å². The predicted molar refractivity (Wildman–Crippen MR) is 103 cm³/mol. The van der Waals surface area contributed by atoms with Gasteiger partial charge >= 0.3 is 0 Å². The highest BCUT2D eigenvalue weighted by Crippen LogP contribution is 2.27. The van der Waals surface area contributed by atoms with E-state index in [0.29, 0.717) is 0 Å². The van der Waals surface area contributed by atoms with E-state index < -0.39 is 0 Å². The van der Waals surface area contributed by atoms with Gasteiger partial charge in [0, 0.05) is 43.3 Å². The van der Waals surface area contributed by atoms with Crippen LogP contribution in [0.1, 0.15) is 5.56 Å². The minimum atomic E-state index is 0.746. The molecule has 0 fully saturated rings. The Morgan fingerprint density at radius 1 is 1.00 bits per heavy atom. The molecule has 0 amide bonds. The van der Waals surface area contributed by atoms with Crippen LogP contribution in [0.3, 0.4) is 0 Å². The number of rotatable bonds is 4. The maximum Gasteiger partial charge on any atom is 0.156 e. The third-order valence-corrected chi connectivity index (χ3v) is 4.50. The molecule has 7 nitrogen and oxygen atoms in total. The molecule has 0 aliphatic carbocycles. The van der Waals surface area contributed by atoms with Gasteiger partial charge in [-0.25, -0.2) is 15.0 Å². The first kappa shape index (κ1) is 15.5. The largest absolute Gasteiger partial charge is 0.344 e. The molecule has 5 rings (SSSR count). The number of hydrogen-bond donors (Lipinski definition) is 1. The molecule has 7 heteroatoms. The van der Waals surface area contributed by atoms with Crippen molar-refractivity contribution in [3.8, 4) is 22.5 Å². The number of benzene rings is 1. The molecule has 0 radical (unpaired) electrons. The van der Waals surface area contributed by atoms with E-state index in [1.807, 2.05) is 50.2 Å². The molecule has 1 aromatic carbocycles. The number of imidazole rings is 1. The molecule has 0 saturated heterocycles. The summed E-state index contributed by atoms with van der Waals surface area (Å²) < 4.78 is 3.83. The second kappa shape index (κ2) is 6.21. The first-order valence-corrected chi connectivity index (χ1v) is 8.65. The van der Waals surface area contributed by atoms with Crippen LogP contribution in [-0.4, -0.2) is 34.3 Å². The zero-order chi connectivity index (χ0) is 18.2. The van der Waals surface area contributed by atoms with Crippen molar-refractivity contribution >= 4 is 11.2 Å². The molecular formula is C20H17N7. The third kappa shape index (κ3) is 2.89. The molecule has 5 aromatic rings. The van der Waals surface area contributed by atoms with Crippen molar-refractivity contribution in [2.24, 2.45) is 7.05 Å². The lowest BCUT2D eigenvalue weighted by atomic mass is 10.2. The Bertz CT molecular complexity index is 1210. The SMILES string of the molecule is Cn1cc(-c2cnc3[nH]cc(-c4cn(Cc5ccccc5)cn4)c3n2)cn1. The second-order valence-corrected chi connectivity index (χ2v) is 6.47. The summed E-state index contributed by atoms with van der Waals surface area (Å²) >= 11 is 0. The second-order valence-electron chi connectivity index (χ2n) is 6.47. The average molecular weight is 355 g/mol. The van der Waals surface area contributed by atoms with E-state index in [0.717, 1.165) is 40.2 Å². The van der Waals surface area contributed by atoms with E-state index in [1.165, 1.54) is 5.56 Å². The Kier molecular flexibility index (Phi) is 3.57. The van der Waals surface area contributed by atoms with Crippen LogP contribution in [0.4, 0.5) is 0 Å². The number of H-pyrrole nitrogens is 1. The van der Waals surface area contributed by atoms with Crippen molar-refractivity contribution < 1.29 is 0 Å². The van der Waals surface area contributed by atoms with E-state index in [4.69, 9.17) is 4.98 Å². The van der Waals surface area contributed by atoms with Gasteiger partial charge in [0.25, 0.3) is 0 Å². The van der Waals surface area contributed by atoms with Crippen LogP contribution in [0.15, 0.2) is 67.6 Å². The van der Waals surface area contributed by atoms with Gasteiger partial charge in [-0.2, -0.15) is 5.10 Å². The lowest BCUT2D eigenvalue weighted by Gasteiger charge is -2.01. The van der Waals surface area contributed by atoms with E-state index >= 15 is 0 Å². The van der Waals surface area contributed by atoms with Gasteiger partial charge in [0.1, 0.15) is 5.52 Å². The smallest absolute Gasteiger partial charge is 0.156 e. The Balaban J connectivity index is 1.51. The minimum Gasteiger partial charge on any atom is -0.344 e. The summed E-state index contributed by atoms with van der Waals surface area (Å²) in [5, 5.41) is 4.21. The summed E-state index contributed by atoms with van der Waals surface area (Å²) in [5.41, 5.74) is 6.33. The third-order valence-electron chi connectivity index (χ3n) is 4.50. The minimum absolute atomic E-state index is 0.746. The number of hydrogen-bond acceptors (Lipinski definition) is 4. The van der Waals surface area contributed by atoms with Gasteiger partial charge in [-0.1, -0.05) is 30.3 Å². The molecule has 0 unspecified atom stereocenters. The fourth-order valence-electron chi connectivity index (χ4n) is 3.16. The van der Waals surface area contributed by atoms with Crippen LogP contribution >= 0.6 is 0 Å². The number of aromatic nitrogens is 7. The van der Waals surface area contributed by atoms with Crippen LogP contribution in [0.2, 0.25) is 0 Å². The zero-order valence-corrected chi connectivity index (χ0v) is 14.7. The van der Waals surface area contributed by atoms with E-state index in [9.17, 15) is 0 Å². The van der Waals surface area contributed by atoms with Gasteiger partial charge in [-0.15, -0.1) is 0 Å². The molecule has 0 saturated carbocycles. The number of aromatic amines is 1. The lowest BCUT2D eigenvalue weighted by molar-refractivity contribution is 0.768. The highest BCUT2D eigenvalue weighted by molar-refractivity contribution is 5.90. The van der Waals surface area contributed by atoms with Crippen molar-refractivity contribution in [3.63, 3.8) is 0 Å². The Labute approximate surface area is 155 Å². The number of nitrogens with zero attached hydrogens (tertiary/aromatic N) is 6. The zero-order valence-electron chi connectivity index (χ0n) is 14.7. The van der Waals surface area contributed by atoms with Crippen LogP contribution in [0.25, 0.3) is 33.7 Å². The van der Waals surface area contributed by atoms with Crippen LogP contribution in [0, 0.1) is 0 Å². The monoisotopic (exact) mass is 355 g/mol. The number of nitrogens with one attached hydrogen (secondary N) is 1.